The number of benzene rings is 1. The highest BCUT2D eigenvalue weighted by Crippen LogP contribution is 2.31. The van der Waals surface area contributed by atoms with Gasteiger partial charge in [-0.05, 0) is 12.1 Å². The molecule has 0 radical (unpaired) electrons. The van der Waals surface area contributed by atoms with Gasteiger partial charge in [-0.1, -0.05) is 23.5 Å². The van der Waals surface area contributed by atoms with Gasteiger partial charge in [-0.3, -0.25) is 4.79 Å². The Morgan fingerprint density at radius 2 is 2.04 bits per heavy atom. The fourth-order valence-corrected chi connectivity index (χ4v) is 3.03. The molecule has 1 amide bonds. The quantitative estimate of drug-likeness (QED) is 0.699. The van der Waals surface area contributed by atoms with Crippen LogP contribution in [0.25, 0.3) is 11.0 Å². The number of para-hydroxylation sites is 2. The van der Waals surface area contributed by atoms with E-state index in [1.165, 1.54) is 25.4 Å². The summed E-state index contributed by atoms with van der Waals surface area (Å²) in [7, 11) is 1.20. The molecular weight excluding hydrogens is 373 g/mol. The molecule has 2 heterocycles. The molecule has 0 aliphatic carbocycles. The van der Waals surface area contributed by atoms with Gasteiger partial charge in [0.2, 0.25) is 11.7 Å². The van der Waals surface area contributed by atoms with Crippen LogP contribution in [0.5, 0.6) is 0 Å². The maximum Gasteiger partial charge on any atom is 0.449 e. The molecule has 0 atom stereocenters. The van der Waals surface area contributed by atoms with Crippen LogP contribution in [0.1, 0.15) is 15.5 Å². The second-order valence-corrected chi connectivity index (χ2v) is 6.11. The number of imidazole rings is 1. The van der Waals surface area contributed by atoms with Crippen LogP contribution in [0.3, 0.4) is 0 Å². The predicted molar refractivity (Wildman–Crippen MR) is 86.8 cm³/mol. The predicted octanol–water partition coefficient (Wildman–Crippen LogP) is 2.94. The first-order valence-electron chi connectivity index (χ1n) is 7.16. The monoisotopic (exact) mass is 384 g/mol. The van der Waals surface area contributed by atoms with E-state index < -0.39 is 30.4 Å². The highest BCUT2D eigenvalue weighted by atomic mass is 32.1. The number of ether oxygens (including phenoxy) is 1. The minimum atomic E-state index is -4.71. The number of nitrogens with one attached hydrogen (secondary N) is 1. The average molecular weight is 384 g/mol. The number of methoxy groups -OCH3 is 1. The van der Waals surface area contributed by atoms with E-state index in [1.807, 2.05) is 0 Å². The van der Waals surface area contributed by atoms with Crippen molar-refractivity contribution in [1.82, 2.24) is 14.5 Å². The molecule has 0 fully saturated rings. The molecule has 1 aromatic carbocycles. The summed E-state index contributed by atoms with van der Waals surface area (Å²) in [6, 6.07) is 6.00. The number of aromatic nitrogens is 3. The van der Waals surface area contributed by atoms with Crippen molar-refractivity contribution in [3.05, 3.63) is 41.2 Å². The van der Waals surface area contributed by atoms with Crippen molar-refractivity contribution in [2.75, 3.05) is 12.4 Å². The van der Waals surface area contributed by atoms with E-state index in [0.29, 0.717) is 0 Å². The third kappa shape index (κ3) is 3.52. The number of alkyl halides is 3. The molecule has 136 valence electrons. The van der Waals surface area contributed by atoms with Crippen LogP contribution in [0.2, 0.25) is 0 Å². The van der Waals surface area contributed by atoms with Gasteiger partial charge in [0.15, 0.2) is 5.13 Å². The van der Waals surface area contributed by atoms with Crippen molar-refractivity contribution in [3.8, 4) is 0 Å². The molecule has 3 aromatic rings. The average Bonchev–Trinajstić information content (AvgIpc) is 3.19. The van der Waals surface area contributed by atoms with E-state index in [2.05, 4.69) is 20.0 Å². The Balaban J connectivity index is 1.85. The Morgan fingerprint density at radius 1 is 1.31 bits per heavy atom. The van der Waals surface area contributed by atoms with Crippen molar-refractivity contribution in [1.29, 1.82) is 0 Å². The molecule has 0 saturated heterocycles. The number of hydrogen-bond donors (Lipinski definition) is 1. The summed E-state index contributed by atoms with van der Waals surface area (Å²) >= 11 is 0.855. The van der Waals surface area contributed by atoms with Crippen molar-refractivity contribution in [3.63, 3.8) is 0 Å². The summed E-state index contributed by atoms with van der Waals surface area (Å²) in [5.74, 6) is -2.52. The van der Waals surface area contributed by atoms with E-state index in [-0.39, 0.29) is 21.0 Å². The Bertz CT molecular complexity index is 980. The molecule has 0 spiro atoms. The van der Waals surface area contributed by atoms with E-state index in [0.717, 1.165) is 15.9 Å². The largest absolute Gasteiger partial charge is 0.465 e. The summed E-state index contributed by atoms with van der Waals surface area (Å²) in [6.45, 7) is -0.609. The van der Waals surface area contributed by atoms with Gasteiger partial charge < -0.3 is 14.6 Å². The smallest absolute Gasteiger partial charge is 0.449 e. The van der Waals surface area contributed by atoms with Gasteiger partial charge >= 0.3 is 12.1 Å². The SMILES string of the molecule is COC(=O)c1cnc(NC(=O)Cn2c(C(F)(F)F)nc3ccccc32)s1. The molecule has 0 unspecified atom stereocenters. The van der Waals surface area contributed by atoms with Crippen LogP contribution in [0, 0.1) is 0 Å². The highest BCUT2D eigenvalue weighted by molar-refractivity contribution is 7.17. The van der Waals surface area contributed by atoms with Crippen molar-refractivity contribution < 1.29 is 27.5 Å². The number of amides is 1. The van der Waals surface area contributed by atoms with Gasteiger partial charge in [0.05, 0.1) is 24.3 Å². The Hall–Kier alpha value is -2.95. The minimum Gasteiger partial charge on any atom is -0.465 e. The molecule has 0 bridgehead atoms. The number of thiazole rings is 1. The zero-order chi connectivity index (χ0) is 18.9. The highest BCUT2D eigenvalue weighted by Gasteiger charge is 2.38. The lowest BCUT2D eigenvalue weighted by atomic mass is 10.3. The number of nitrogens with zero attached hydrogens (tertiary/aromatic N) is 3. The number of rotatable bonds is 4. The van der Waals surface area contributed by atoms with Gasteiger partial charge in [0, 0.05) is 0 Å². The summed E-state index contributed by atoms with van der Waals surface area (Å²) < 4.78 is 45.0. The topological polar surface area (TPSA) is 86.1 Å². The number of esters is 1. The normalized spacial score (nSPS) is 11.5. The summed E-state index contributed by atoms with van der Waals surface area (Å²) in [5, 5.41) is 2.44. The molecule has 0 saturated carbocycles. The second kappa shape index (κ2) is 6.75. The molecule has 0 aliphatic heterocycles. The van der Waals surface area contributed by atoms with Gasteiger partial charge in [-0.25, -0.2) is 14.8 Å². The van der Waals surface area contributed by atoms with Crippen molar-refractivity contribution in [2.45, 2.75) is 12.7 Å². The van der Waals surface area contributed by atoms with Gasteiger partial charge in [0.25, 0.3) is 0 Å². The maximum absolute atomic E-state index is 13.2. The number of fused-ring (bicyclic) bond motifs is 1. The van der Waals surface area contributed by atoms with Crippen LogP contribution in [-0.4, -0.2) is 33.5 Å². The van der Waals surface area contributed by atoms with Crippen LogP contribution in [0.4, 0.5) is 18.3 Å². The first-order valence-corrected chi connectivity index (χ1v) is 7.97. The van der Waals surface area contributed by atoms with Crippen LogP contribution < -0.4 is 5.32 Å². The van der Waals surface area contributed by atoms with Gasteiger partial charge in [-0.2, -0.15) is 13.2 Å². The fraction of sp³-hybridized carbons (Fsp3) is 0.200. The third-order valence-corrected chi connectivity index (χ3v) is 4.24. The van der Waals surface area contributed by atoms with E-state index in [4.69, 9.17) is 0 Å². The standard InChI is InChI=1S/C15H11F3N4O3S/c1-25-12(24)10-6-19-14(26-10)21-11(23)7-22-9-5-3-2-4-8(9)20-13(22)15(16,17)18/h2-6H,7H2,1H3,(H,19,21,23). The lowest BCUT2D eigenvalue weighted by Crippen LogP contribution is -2.23. The fourth-order valence-electron chi connectivity index (χ4n) is 2.28. The Morgan fingerprint density at radius 3 is 2.73 bits per heavy atom. The summed E-state index contributed by atoms with van der Waals surface area (Å²) in [5.41, 5.74) is 0.319. The first-order chi connectivity index (χ1) is 12.3. The lowest BCUT2D eigenvalue weighted by Gasteiger charge is -2.10. The lowest BCUT2D eigenvalue weighted by molar-refractivity contribution is -0.147. The molecule has 11 heteroatoms. The van der Waals surface area contributed by atoms with E-state index in [1.54, 1.807) is 12.1 Å². The first kappa shape index (κ1) is 17.9. The number of halogens is 3. The van der Waals surface area contributed by atoms with E-state index >= 15 is 0 Å². The zero-order valence-electron chi connectivity index (χ0n) is 13.2. The number of hydrogen-bond acceptors (Lipinski definition) is 6. The minimum absolute atomic E-state index is 0.0772. The Kier molecular flexibility index (Phi) is 4.64. The number of anilines is 1. The third-order valence-electron chi connectivity index (χ3n) is 3.35. The van der Waals surface area contributed by atoms with Crippen LogP contribution >= 0.6 is 11.3 Å². The Labute approximate surface area is 148 Å². The van der Waals surface area contributed by atoms with Crippen LogP contribution in [0.15, 0.2) is 30.5 Å². The maximum atomic E-state index is 13.2. The van der Waals surface area contributed by atoms with Crippen molar-refractivity contribution >= 4 is 39.4 Å². The molecule has 0 aliphatic rings. The second-order valence-electron chi connectivity index (χ2n) is 5.08. The number of carbonyl (C=O) groups is 2. The van der Waals surface area contributed by atoms with Gasteiger partial charge in [0.1, 0.15) is 11.4 Å². The molecule has 7 nitrogen and oxygen atoms in total. The zero-order valence-corrected chi connectivity index (χ0v) is 14.0. The summed E-state index contributed by atoms with van der Waals surface area (Å²) in [6.07, 6.45) is -3.50. The van der Waals surface area contributed by atoms with Crippen molar-refractivity contribution in [2.24, 2.45) is 0 Å². The number of carbonyl (C=O) groups excluding carboxylic acids is 2. The van der Waals surface area contributed by atoms with Gasteiger partial charge in [-0.15, -0.1) is 0 Å². The molecule has 1 N–H and O–H groups in total. The molecule has 26 heavy (non-hydrogen) atoms. The molecule has 3 rings (SSSR count). The molecule has 2 aromatic heterocycles. The van der Waals surface area contributed by atoms with Crippen LogP contribution in [-0.2, 0) is 22.3 Å². The molecular formula is C15H11F3N4O3S. The summed E-state index contributed by atoms with van der Waals surface area (Å²) in [4.78, 5) is 31.1. The van der Waals surface area contributed by atoms with E-state index in [9.17, 15) is 22.8 Å².